The van der Waals surface area contributed by atoms with E-state index in [-0.39, 0.29) is 0 Å². The van der Waals surface area contributed by atoms with Gasteiger partial charge in [0.05, 0.1) is 6.61 Å². The Bertz CT molecular complexity index is 415. The second kappa shape index (κ2) is 6.04. The summed E-state index contributed by atoms with van der Waals surface area (Å²) in [6, 6.07) is 9.33. The molecule has 2 aliphatic rings. The van der Waals surface area contributed by atoms with Crippen molar-refractivity contribution < 1.29 is 4.74 Å². The van der Waals surface area contributed by atoms with E-state index in [9.17, 15) is 0 Å². The summed E-state index contributed by atoms with van der Waals surface area (Å²) in [5, 5.41) is 3.54. The molecule has 0 radical (unpaired) electrons. The van der Waals surface area contributed by atoms with Crippen molar-refractivity contribution in [3.63, 3.8) is 0 Å². The van der Waals surface area contributed by atoms with Crippen LogP contribution in [0, 0.1) is 5.92 Å². The standard InChI is InChI=1S/C16H24N2O/c1-18(11-13-5-4-8-19-12-13)16-10-17-9-14-6-2-3-7-15(14)16/h2-3,6-7,13,16-17H,4-5,8-12H2,1H3. The van der Waals surface area contributed by atoms with Gasteiger partial charge in [-0.1, -0.05) is 24.3 Å². The predicted molar refractivity (Wildman–Crippen MR) is 77.1 cm³/mol. The van der Waals surface area contributed by atoms with Crippen LogP contribution >= 0.6 is 0 Å². The fourth-order valence-corrected chi connectivity index (χ4v) is 3.35. The summed E-state index contributed by atoms with van der Waals surface area (Å²) in [6.07, 6.45) is 2.53. The molecule has 3 heteroatoms. The van der Waals surface area contributed by atoms with Crippen LogP contribution in [0.3, 0.4) is 0 Å². The van der Waals surface area contributed by atoms with Crippen molar-refractivity contribution in [2.24, 2.45) is 5.92 Å². The van der Waals surface area contributed by atoms with E-state index in [1.807, 2.05) is 0 Å². The molecule has 1 aromatic rings. The summed E-state index contributed by atoms with van der Waals surface area (Å²) in [6.45, 7) is 5.09. The van der Waals surface area contributed by atoms with Crippen molar-refractivity contribution in [1.29, 1.82) is 0 Å². The monoisotopic (exact) mass is 260 g/mol. The number of benzene rings is 1. The second-order valence-corrected chi connectivity index (χ2v) is 5.87. The van der Waals surface area contributed by atoms with Crippen LogP contribution in [0.2, 0.25) is 0 Å². The molecule has 1 saturated heterocycles. The number of nitrogens with zero attached hydrogens (tertiary/aromatic N) is 1. The van der Waals surface area contributed by atoms with Crippen LogP contribution in [0.25, 0.3) is 0 Å². The zero-order chi connectivity index (χ0) is 13.1. The Kier molecular flexibility index (Phi) is 4.16. The van der Waals surface area contributed by atoms with Gasteiger partial charge < -0.3 is 10.1 Å². The van der Waals surface area contributed by atoms with E-state index in [0.29, 0.717) is 12.0 Å². The van der Waals surface area contributed by atoms with Gasteiger partial charge in [0, 0.05) is 32.3 Å². The first kappa shape index (κ1) is 13.1. The molecule has 0 aromatic heterocycles. The lowest BCUT2D eigenvalue weighted by Gasteiger charge is -2.36. The van der Waals surface area contributed by atoms with Crippen LogP contribution in [-0.2, 0) is 11.3 Å². The first-order valence-corrected chi connectivity index (χ1v) is 7.41. The third kappa shape index (κ3) is 2.99. The summed E-state index contributed by atoms with van der Waals surface area (Å²) >= 11 is 0. The van der Waals surface area contributed by atoms with Crippen molar-refractivity contribution in [1.82, 2.24) is 10.2 Å². The van der Waals surface area contributed by atoms with Gasteiger partial charge in [0.25, 0.3) is 0 Å². The Balaban J connectivity index is 1.68. The van der Waals surface area contributed by atoms with E-state index in [4.69, 9.17) is 4.74 Å². The lowest BCUT2D eigenvalue weighted by molar-refractivity contribution is 0.0354. The number of fused-ring (bicyclic) bond motifs is 1. The highest BCUT2D eigenvalue weighted by atomic mass is 16.5. The number of hydrogen-bond donors (Lipinski definition) is 1. The largest absolute Gasteiger partial charge is 0.381 e. The quantitative estimate of drug-likeness (QED) is 0.901. The van der Waals surface area contributed by atoms with Crippen molar-refractivity contribution in [3.05, 3.63) is 35.4 Å². The molecular formula is C16H24N2O. The molecule has 2 atom stereocenters. The van der Waals surface area contributed by atoms with Gasteiger partial charge in [0.15, 0.2) is 0 Å². The van der Waals surface area contributed by atoms with Crippen LogP contribution in [-0.4, -0.2) is 38.3 Å². The zero-order valence-electron chi connectivity index (χ0n) is 11.8. The molecule has 2 aliphatic heterocycles. The van der Waals surface area contributed by atoms with Gasteiger partial charge in [0.1, 0.15) is 0 Å². The highest BCUT2D eigenvalue weighted by Gasteiger charge is 2.25. The molecule has 1 aromatic carbocycles. The van der Waals surface area contributed by atoms with E-state index in [1.165, 1.54) is 24.0 Å². The minimum absolute atomic E-state index is 0.506. The van der Waals surface area contributed by atoms with Gasteiger partial charge in [-0.2, -0.15) is 0 Å². The third-order valence-corrected chi connectivity index (χ3v) is 4.40. The van der Waals surface area contributed by atoms with Crippen molar-refractivity contribution in [2.45, 2.75) is 25.4 Å². The SMILES string of the molecule is CN(CC1CCCOC1)C1CNCc2ccccc21. The van der Waals surface area contributed by atoms with Crippen LogP contribution in [0.15, 0.2) is 24.3 Å². The molecule has 1 N–H and O–H groups in total. The maximum absolute atomic E-state index is 5.60. The second-order valence-electron chi connectivity index (χ2n) is 5.87. The van der Waals surface area contributed by atoms with Gasteiger partial charge in [0.2, 0.25) is 0 Å². The van der Waals surface area contributed by atoms with Gasteiger partial charge in [-0.25, -0.2) is 0 Å². The average Bonchev–Trinajstić information content (AvgIpc) is 2.47. The van der Waals surface area contributed by atoms with Crippen LogP contribution < -0.4 is 5.32 Å². The van der Waals surface area contributed by atoms with Gasteiger partial charge in [-0.05, 0) is 36.9 Å². The number of hydrogen-bond acceptors (Lipinski definition) is 3. The highest BCUT2D eigenvalue weighted by molar-refractivity contribution is 5.32. The molecule has 0 aliphatic carbocycles. The van der Waals surface area contributed by atoms with Crippen LogP contribution in [0.1, 0.15) is 30.0 Å². The zero-order valence-corrected chi connectivity index (χ0v) is 11.8. The summed E-state index contributed by atoms with van der Waals surface area (Å²) in [4.78, 5) is 2.50. The molecule has 104 valence electrons. The van der Waals surface area contributed by atoms with Crippen molar-refractivity contribution in [3.8, 4) is 0 Å². The summed E-state index contributed by atoms with van der Waals surface area (Å²) < 4.78 is 5.60. The van der Waals surface area contributed by atoms with E-state index in [1.54, 1.807) is 0 Å². The molecule has 0 bridgehead atoms. The van der Waals surface area contributed by atoms with E-state index < -0.39 is 0 Å². The van der Waals surface area contributed by atoms with E-state index >= 15 is 0 Å². The number of ether oxygens (including phenoxy) is 1. The lowest BCUT2D eigenvalue weighted by atomic mass is 9.94. The molecule has 2 heterocycles. The summed E-state index contributed by atoms with van der Waals surface area (Å²) in [5.41, 5.74) is 2.95. The first-order chi connectivity index (χ1) is 9.34. The first-order valence-electron chi connectivity index (χ1n) is 7.41. The normalized spacial score (nSPS) is 27.3. The maximum atomic E-state index is 5.60. The van der Waals surface area contributed by atoms with E-state index in [2.05, 4.69) is 41.5 Å². The van der Waals surface area contributed by atoms with E-state index in [0.717, 1.165) is 32.8 Å². The fourth-order valence-electron chi connectivity index (χ4n) is 3.35. The maximum Gasteiger partial charge on any atom is 0.0506 e. The molecule has 3 rings (SSSR count). The Labute approximate surface area is 115 Å². The number of likely N-dealkylation sites (N-methyl/N-ethyl adjacent to an activating group) is 1. The van der Waals surface area contributed by atoms with Gasteiger partial charge >= 0.3 is 0 Å². The Hall–Kier alpha value is -0.900. The fraction of sp³-hybridized carbons (Fsp3) is 0.625. The van der Waals surface area contributed by atoms with Crippen LogP contribution in [0.4, 0.5) is 0 Å². The summed E-state index contributed by atoms with van der Waals surface area (Å²) in [5.74, 6) is 0.702. The Morgan fingerprint density at radius 3 is 3.11 bits per heavy atom. The molecule has 3 nitrogen and oxygen atoms in total. The minimum Gasteiger partial charge on any atom is -0.381 e. The highest BCUT2D eigenvalue weighted by Crippen LogP contribution is 2.27. The molecule has 19 heavy (non-hydrogen) atoms. The average molecular weight is 260 g/mol. The molecule has 2 unspecified atom stereocenters. The Morgan fingerprint density at radius 1 is 1.37 bits per heavy atom. The molecule has 0 saturated carbocycles. The predicted octanol–water partition coefficient (Wildman–Crippen LogP) is 2.19. The molecular weight excluding hydrogens is 236 g/mol. The van der Waals surface area contributed by atoms with Crippen molar-refractivity contribution in [2.75, 3.05) is 33.4 Å². The summed E-state index contributed by atoms with van der Waals surface area (Å²) in [7, 11) is 2.25. The molecule has 1 fully saturated rings. The Morgan fingerprint density at radius 2 is 2.26 bits per heavy atom. The molecule has 0 spiro atoms. The lowest BCUT2D eigenvalue weighted by Crippen LogP contribution is -2.40. The van der Waals surface area contributed by atoms with Gasteiger partial charge in [-0.15, -0.1) is 0 Å². The van der Waals surface area contributed by atoms with Crippen molar-refractivity contribution >= 4 is 0 Å². The minimum atomic E-state index is 0.506. The van der Waals surface area contributed by atoms with Crippen LogP contribution in [0.5, 0.6) is 0 Å². The molecule has 0 amide bonds. The third-order valence-electron chi connectivity index (χ3n) is 4.40. The van der Waals surface area contributed by atoms with Gasteiger partial charge in [-0.3, -0.25) is 4.90 Å². The number of nitrogens with one attached hydrogen (secondary N) is 1. The smallest absolute Gasteiger partial charge is 0.0506 e. The number of rotatable bonds is 3. The topological polar surface area (TPSA) is 24.5 Å².